The van der Waals surface area contributed by atoms with E-state index in [4.69, 9.17) is 5.11 Å². The van der Waals surface area contributed by atoms with Crippen LogP contribution in [0.5, 0.6) is 0 Å². The fraction of sp³-hybridized carbons (Fsp3) is 0.429. The van der Waals surface area contributed by atoms with Crippen molar-refractivity contribution in [2.24, 2.45) is 0 Å². The second kappa shape index (κ2) is 5.82. The van der Waals surface area contributed by atoms with E-state index in [-0.39, 0.29) is 12.2 Å². The molecular weight excluding hydrogens is 247 g/mol. The molecule has 1 aromatic heterocycles. The van der Waals surface area contributed by atoms with Crippen molar-refractivity contribution >= 4 is 17.0 Å². The van der Waals surface area contributed by atoms with Gasteiger partial charge in [0.2, 0.25) is 0 Å². The van der Waals surface area contributed by atoms with Crippen LogP contribution in [0.25, 0.3) is 11.0 Å². The summed E-state index contributed by atoms with van der Waals surface area (Å²) < 4.78 is 15.1. The van der Waals surface area contributed by atoms with E-state index in [1.54, 1.807) is 6.07 Å². The third-order valence-corrected chi connectivity index (χ3v) is 3.08. The number of imidazole rings is 1. The van der Waals surface area contributed by atoms with Crippen LogP contribution in [0.15, 0.2) is 18.2 Å². The van der Waals surface area contributed by atoms with Crippen LogP contribution in [0.2, 0.25) is 0 Å². The molecule has 0 amide bonds. The van der Waals surface area contributed by atoms with Crippen molar-refractivity contribution in [3.8, 4) is 0 Å². The van der Waals surface area contributed by atoms with Crippen LogP contribution in [-0.4, -0.2) is 20.6 Å². The Hall–Kier alpha value is -1.91. The van der Waals surface area contributed by atoms with Gasteiger partial charge in [-0.05, 0) is 18.6 Å². The lowest BCUT2D eigenvalue weighted by atomic mass is 10.2. The molecule has 1 N–H and O–H groups in total. The quantitative estimate of drug-likeness (QED) is 0.816. The Morgan fingerprint density at radius 1 is 1.42 bits per heavy atom. The molecule has 0 bridgehead atoms. The first-order chi connectivity index (χ1) is 9.11. The number of aliphatic carboxylic acids is 1. The van der Waals surface area contributed by atoms with E-state index < -0.39 is 5.97 Å². The van der Waals surface area contributed by atoms with Crippen molar-refractivity contribution in [1.82, 2.24) is 9.55 Å². The highest BCUT2D eigenvalue weighted by Gasteiger charge is 2.13. The number of fused-ring (bicyclic) bond motifs is 1. The minimum atomic E-state index is -0.924. The van der Waals surface area contributed by atoms with E-state index in [0.717, 1.165) is 31.3 Å². The summed E-state index contributed by atoms with van der Waals surface area (Å²) in [6.07, 6.45) is 3.00. The van der Waals surface area contributed by atoms with Crippen molar-refractivity contribution < 1.29 is 14.3 Å². The van der Waals surface area contributed by atoms with Gasteiger partial charge in [0, 0.05) is 12.6 Å². The molecular formula is C14H17FN2O2. The van der Waals surface area contributed by atoms with Gasteiger partial charge in [-0.1, -0.05) is 19.8 Å². The fourth-order valence-electron chi connectivity index (χ4n) is 2.19. The predicted molar refractivity (Wildman–Crippen MR) is 70.6 cm³/mol. The number of unbranched alkanes of at least 4 members (excludes halogenated alkanes) is 2. The summed E-state index contributed by atoms with van der Waals surface area (Å²) in [7, 11) is 0. The number of hydrogen-bond donors (Lipinski definition) is 1. The third-order valence-electron chi connectivity index (χ3n) is 3.08. The van der Waals surface area contributed by atoms with E-state index in [1.807, 2.05) is 4.57 Å². The molecule has 0 aliphatic rings. The molecule has 2 aromatic rings. The number of nitrogens with zero attached hydrogens (tertiary/aromatic N) is 2. The van der Waals surface area contributed by atoms with Crippen molar-refractivity contribution in [2.75, 3.05) is 0 Å². The van der Waals surface area contributed by atoms with Crippen molar-refractivity contribution in [3.05, 3.63) is 29.8 Å². The summed E-state index contributed by atoms with van der Waals surface area (Å²) in [6, 6.07) is 4.39. The number of aromatic nitrogens is 2. The van der Waals surface area contributed by atoms with Crippen molar-refractivity contribution in [1.29, 1.82) is 0 Å². The van der Waals surface area contributed by atoms with Crippen LogP contribution in [0.3, 0.4) is 0 Å². The van der Waals surface area contributed by atoms with Gasteiger partial charge in [0.15, 0.2) is 0 Å². The minimum absolute atomic E-state index is 0.136. The lowest BCUT2D eigenvalue weighted by Gasteiger charge is -2.07. The number of hydrogen-bond acceptors (Lipinski definition) is 2. The lowest BCUT2D eigenvalue weighted by Crippen LogP contribution is -2.09. The first-order valence-electron chi connectivity index (χ1n) is 6.48. The van der Waals surface area contributed by atoms with Crippen LogP contribution >= 0.6 is 0 Å². The Kier molecular flexibility index (Phi) is 4.14. The Bertz CT molecular complexity index is 592. The van der Waals surface area contributed by atoms with Crippen LogP contribution in [-0.2, 0) is 17.8 Å². The summed E-state index contributed by atoms with van der Waals surface area (Å²) in [4.78, 5) is 15.1. The van der Waals surface area contributed by atoms with Gasteiger partial charge in [0.05, 0.1) is 11.0 Å². The van der Waals surface area contributed by atoms with Crippen molar-refractivity contribution in [3.63, 3.8) is 0 Å². The maximum absolute atomic E-state index is 13.2. The molecule has 0 fully saturated rings. The Balaban J connectivity index is 2.39. The highest BCUT2D eigenvalue weighted by Crippen LogP contribution is 2.19. The van der Waals surface area contributed by atoms with Gasteiger partial charge < -0.3 is 9.67 Å². The number of carboxylic acid groups (broad SMARTS) is 1. The van der Waals surface area contributed by atoms with Gasteiger partial charge in [0.1, 0.15) is 18.1 Å². The number of carboxylic acids is 1. The first kappa shape index (κ1) is 13.5. The zero-order valence-electron chi connectivity index (χ0n) is 10.9. The normalized spacial score (nSPS) is 11.1. The lowest BCUT2D eigenvalue weighted by molar-refractivity contribution is -0.136. The molecule has 4 nitrogen and oxygen atoms in total. The minimum Gasteiger partial charge on any atom is -0.481 e. The average Bonchev–Trinajstić information content (AvgIpc) is 2.66. The topological polar surface area (TPSA) is 55.1 Å². The fourth-order valence-corrected chi connectivity index (χ4v) is 2.19. The molecule has 0 saturated carbocycles. The molecule has 2 rings (SSSR count). The molecule has 0 aliphatic heterocycles. The number of carbonyl (C=O) groups is 1. The highest BCUT2D eigenvalue weighted by atomic mass is 19.1. The van der Waals surface area contributed by atoms with Crippen LogP contribution in [0.4, 0.5) is 4.39 Å². The summed E-state index contributed by atoms with van der Waals surface area (Å²) in [5.74, 6) is -0.788. The Morgan fingerprint density at radius 3 is 2.89 bits per heavy atom. The van der Waals surface area contributed by atoms with Gasteiger partial charge in [0.25, 0.3) is 0 Å². The first-order valence-corrected chi connectivity index (χ1v) is 6.48. The maximum Gasteiger partial charge on any atom is 0.311 e. The second-order valence-electron chi connectivity index (χ2n) is 4.59. The molecule has 5 heteroatoms. The van der Waals surface area contributed by atoms with Crippen LogP contribution < -0.4 is 0 Å². The van der Waals surface area contributed by atoms with Crippen molar-refractivity contribution in [2.45, 2.75) is 39.2 Å². The zero-order chi connectivity index (χ0) is 13.8. The standard InChI is InChI=1S/C14H17FN2O2/c1-2-3-4-7-17-12-6-5-10(15)8-11(12)16-13(17)9-14(18)19/h5-6,8H,2-4,7,9H2,1H3,(H,18,19). The molecule has 0 unspecified atom stereocenters. The number of aryl methyl sites for hydroxylation is 1. The molecule has 0 aliphatic carbocycles. The maximum atomic E-state index is 13.2. The van der Waals surface area contributed by atoms with Gasteiger partial charge in [-0.25, -0.2) is 9.37 Å². The van der Waals surface area contributed by atoms with Gasteiger partial charge in [-0.2, -0.15) is 0 Å². The largest absolute Gasteiger partial charge is 0.481 e. The van der Waals surface area contributed by atoms with E-state index in [9.17, 15) is 9.18 Å². The van der Waals surface area contributed by atoms with E-state index >= 15 is 0 Å². The number of rotatable bonds is 6. The zero-order valence-corrected chi connectivity index (χ0v) is 10.9. The summed E-state index contributed by atoms with van der Waals surface area (Å²) in [5.41, 5.74) is 1.32. The molecule has 19 heavy (non-hydrogen) atoms. The SMILES string of the molecule is CCCCCn1c(CC(=O)O)nc2cc(F)ccc21. The average molecular weight is 264 g/mol. The van der Waals surface area contributed by atoms with E-state index in [2.05, 4.69) is 11.9 Å². The Labute approximate surface area is 110 Å². The van der Waals surface area contributed by atoms with Crippen LogP contribution in [0.1, 0.15) is 32.0 Å². The van der Waals surface area contributed by atoms with E-state index in [0.29, 0.717) is 11.3 Å². The van der Waals surface area contributed by atoms with Gasteiger partial charge in [-0.3, -0.25) is 4.79 Å². The molecule has 102 valence electrons. The third kappa shape index (κ3) is 3.10. The summed E-state index contributed by atoms with van der Waals surface area (Å²) in [6.45, 7) is 2.83. The van der Waals surface area contributed by atoms with Gasteiger partial charge >= 0.3 is 5.97 Å². The Morgan fingerprint density at radius 2 is 2.21 bits per heavy atom. The molecule has 0 spiro atoms. The molecule has 1 aromatic carbocycles. The monoisotopic (exact) mass is 264 g/mol. The summed E-state index contributed by atoms with van der Waals surface area (Å²) in [5, 5.41) is 8.92. The molecule has 0 saturated heterocycles. The smallest absolute Gasteiger partial charge is 0.311 e. The predicted octanol–water partition coefficient (Wildman–Crippen LogP) is 2.99. The van der Waals surface area contributed by atoms with Gasteiger partial charge in [-0.15, -0.1) is 0 Å². The highest BCUT2D eigenvalue weighted by molar-refractivity contribution is 5.78. The molecule has 0 radical (unpaired) electrons. The second-order valence-corrected chi connectivity index (χ2v) is 4.59. The van der Waals surface area contributed by atoms with E-state index in [1.165, 1.54) is 12.1 Å². The molecule has 1 heterocycles. The summed E-state index contributed by atoms with van der Waals surface area (Å²) >= 11 is 0. The number of benzene rings is 1. The van der Waals surface area contributed by atoms with Crippen LogP contribution in [0, 0.1) is 5.82 Å². The number of halogens is 1. The molecule has 0 atom stereocenters.